The second kappa shape index (κ2) is 11.4. The van der Waals surface area contributed by atoms with Gasteiger partial charge in [0.15, 0.2) is 0 Å². The van der Waals surface area contributed by atoms with Gasteiger partial charge in [-0.05, 0) is 83.9 Å². The summed E-state index contributed by atoms with van der Waals surface area (Å²) in [6, 6.07) is 57.7. The Balaban J connectivity index is 1.33. The number of para-hydroxylation sites is 3. The molecular formula is C45H25N5. The van der Waals surface area contributed by atoms with Gasteiger partial charge in [-0.1, -0.05) is 78.9 Å². The second-order valence-electron chi connectivity index (χ2n) is 12.3. The average molecular weight is 636 g/mol. The number of hydrogen-bond donors (Lipinski definition) is 0. The van der Waals surface area contributed by atoms with E-state index in [9.17, 15) is 15.8 Å². The normalized spacial score (nSPS) is 11.1. The van der Waals surface area contributed by atoms with Gasteiger partial charge in [0.2, 0.25) is 0 Å². The molecule has 9 aromatic rings. The van der Waals surface area contributed by atoms with E-state index in [-0.39, 0.29) is 0 Å². The number of fused-ring (bicyclic) bond motifs is 6. The lowest BCUT2D eigenvalue weighted by molar-refractivity contribution is 1.18. The van der Waals surface area contributed by atoms with E-state index in [0.29, 0.717) is 16.7 Å². The van der Waals surface area contributed by atoms with Crippen molar-refractivity contribution in [2.45, 2.75) is 0 Å². The van der Waals surface area contributed by atoms with Crippen molar-refractivity contribution in [3.05, 3.63) is 168 Å². The smallest absolute Gasteiger partial charge is 0.0998 e. The minimum Gasteiger partial charge on any atom is -0.309 e. The van der Waals surface area contributed by atoms with Gasteiger partial charge in [0.1, 0.15) is 0 Å². The zero-order valence-electron chi connectivity index (χ0n) is 26.7. The molecule has 0 bridgehead atoms. The Morgan fingerprint density at radius 2 is 0.980 bits per heavy atom. The third-order valence-electron chi connectivity index (χ3n) is 9.62. The first kappa shape index (κ1) is 28.8. The Morgan fingerprint density at radius 3 is 1.66 bits per heavy atom. The molecule has 5 nitrogen and oxygen atoms in total. The molecule has 0 fully saturated rings. The van der Waals surface area contributed by atoms with Crippen molar-refractivity contribution >= 4 is 43.6 Å². The van der Waals surface area contributed by atoms with Crippen LogP contribution >= 0.6 is 0 Å². The Kier molecular flexibility index (Phi) is 6.56. The zero-order chi connectivity index (χ0) is 33.8. The van der Waals surface area contributed by atoms with E-state index in [2.05, 4.69) is 118 Å². The van der Waals surface area contributed by atoms with Crippen LogP contribution in [0.15, 0.2) is 152 Å². The van der Waals surface area contributed by atoms with E-state index in [1.54, 1.807) is 0 Å². The minimum atomic E-state index is 0.494. The maximum absolute atomic E-state index is 10.6. The molecule has 2 heterocycles. The van der Waals surface area contributed by atoms with Crippen molar-refractivity contribution < 1.29 is 0 Å². The molecule has 0 saturated carbocycles. The number of aromatic nitrogens is 2. The highest BCUT2D eigenvalue weighted by atomic mass is 15.0. The number of rotatable bonds is 4. The summed E-state index contributed by atoms with van der Waals surface area (Å²) < 4.78 is 4.46. The van der Waals surface area contributed by atoms with Crippen LogP contribution in [0.5, 0.6) is 0 Å². The van der Waals surface area contributed by atoms with Crippen LogP contribution in [-0.4, -0.2) is 9.13 Å². The molecule has 230 valence electrons. The van der Waals surface area contributed by atoms with Crippen LogP contribution in [0, 0.1) is 34.0 Å². The number of benzene rings is 7. The SMILES string of the molecule is N#Cc1ccc(-n2c3ccccc3c3cc(C#N)ccc32)c(-c2c(C#N)cccc2-c2cccc(-n3c4ccccc4c4ccccc43)c2)c1. The second-order valence-corrected chi connectivity index (χ2v) is 12.3. The highest BCUT2D eigenvalue weighted by Gasteiger charge is 2.21. The number of nitriles is 3. The summed E-state index contributed by atoms with van der Waals surface area (Å²) in [7, 11) is 0. The quantitative estimate of drug-likeness (QED) is 0.193. The molecule has 0 aliphatic carbocycles. The van der Waals surface area contributed by atoms with Crippen molar-refractivity contribution in [1.82, 2.24) is 9.13 Å². The van der Waals surface area contributed by atoms with Gasteiger partial charge in [0.25, 0.3) is 0 Å². The van der Waals surface area contributed by atoms with Crippen LogP contribution in [0.2, 0.25) is 0 Å². The van der Waals surface area contributed by atoms with Gasteiger partial charge in [0, 0.05) is 38.4 Å². The molecule has 0 amide bonds. The van der Waals surface area contributed by atoms with Crippen LogP contribution in [-0.2, 0) is 0 Å². The maximum Gasteiger partial charge on any atom is 0.0998 e. The molecule has 5 heteroatoms. The van der Waals surface area contributed by atoms with Gasteiger partial charge in [-0.3, -0.25) is 0 Å². The average Bonchev–Trinajstić information content (AvgIpc) is 3.70. The standard InChI is InChI=1S/C45H25N5/c46-26-29-19-21-43-38(23-29)37-14-3-6-18-42(37)50(43)44-22-20-30(27-47)24-39(44)45-32(28-48)10-8-15-34(45)31-9-7-11-33(25-31)49-40-16-4-1-12-35(40)36-13-2-5-17-41(36)49/h1-25H. The zero-order valence-corrected chi connectivity index (χ0v) is 26.7. The Bertz CT molecular complexity index is 2920. The number of nitrogens with zero attached hydrogens (tertiary/aromatic N) is 5. The number of hydrogen-bond acceptors (Lipinski definition) is 3. The molecule has 0 aliphatic heterocycles. The molecule has 0 N–H and O–H groups in total. The molecule has 0 radical (unpaired) electrons. The molecule has 0 aliphatic rings. The van der Waals surface area contributed by atoms with Gasteiger partial charge in [0.05, 0.1) is 62.7 Å². The van der Waals surface area contributed by atoms with Crippen LogP contribution in [0.3, 0.4) is 0 Å². The van der Waals surface area contributed by atoms with Crippen molar-refractivity contribution in [2.24, 2.45) is 0 Å². The summed E-state index contributed by atoms with van der Waals surface area (Å²) in [5.74, 6) is 0. The van der Waals surface area contributed by atoms with E-state index in [1.165, 1.54) is 10.8 Å². The first-order valence-corrected chi connectivity index (χ1v) is 16.3. The molecular weight excluding hydrogens is 611 g/mol. The van der Waals surface area contributed by atoms with Gasteiger partial charge >= 0.3 is 0 Å². The van der Waals surface area contributed by atoms with E-state index < -0.39 is 0 Å². The largest absolute Gasteiger partial charge is 0.309 e. The van der Waals surface area contributed by atoms with Crippen LogP contribution in [0.25, 0.3) is 77.2 Å². The summed E-state index contributed by atoms with van der Waals surface area (Å²) in [5, 5.41) is 34.7. The fraction of sp³-hybridized carbons (Fsp3) is 0. The molecule has 0 atom stereocenters. The maximum atomic E-state index is 10.6. The molecule has 9 rings (SSSR count). The van der Waals surface area contributed by atoms with Crippen molar-refractivity contribution in [2.75, 3.05) is 0 Å². The van der Waals surface area contributed by atoms with Crippen LogP contribution < -0.4 is 0 Å². The van der Waals surface area contributed by atoms with Gasteiger partial charge in [-0.15, -0.1) is 0 Å². The Morgan fingerprint density at radius 1 is 0.400 bits per heavy atom. The molecule has 0 saturated heterocycles. The predicted octanol–water partition coefficient (Wildman–Crippen LogP) is 10.8. The lowest BCUT2D eigenvalue weighted by Crippen LogP contribution is -2.01. The van der Waals surface area contributed by atoms with Crippen LogP contribution in [0.4, 0.5) is 0 Å². The third kappa shape index (κ3) is 4.31. The monoisotopic (exact) mass is 635 g/mol. The highest BCUT2D eigenvalue weighted by Crippen LogP contribution is 2.42. The molecule has 50 heavy (non-hydrogen) atoms. The van der Waals surface area contributed by atoms with Gasteiger partial charge in [-0.25, -0.2) is 0 Å². The van der Waals surface area contributed by atoms with Crippen molar-refractivity contribution in [3.63, 3.8) is 0 Å². The minimum absolute atomic E-state index is 0.494. The van der Waals surface area contributed by atoms with E-state index in [1.807, 2.05) is 60.7 Å². The molecule has 0 unspecified atom stereocenters. The van der Waals surface area contributed by atoms with Crippen LogP contribution in [0.1, 0.15) is 16.7 Å². The Hall–Kier alpha value is -7.39. The van der Waals surface area contributed by atoms with Gasteiger partial charge in [-0.2, -0.15) is 15.8 Å². The predicted molar refractivity (Wildman–Crippen MR) is 200 cm³/mol. The first-order chi connectivity index (χ1) is 24.7. The first-order valence-electron chi connectivity index (χ1n) is 16.3. The summed E-state index contributed by atoms with van der Waals surface area (Å²) >= 11 is 0. The summed E-state index contributed by atoms with van der Waals surface area (Å²) in [6.07, 6.45) is 0. The summed E-state index contributed by atoms with van der Waals surface area (Å²) in [5.41, 5.74) is 10.9. The lowest BCUT2D eigenvalue weighted by atomic mass is 9.89. The highest BCUT2D eigenvalue weighted by molar-refractivity contribution is 6.11. The van der Waals surface area contributed by atoms with Crippen molar-refractivity contribution in [3.8, 4) is 51.8 Å². The van der Waals surface area contributed by atoms with Crippen molar-refractivity contribution in [1.29, 1.82) is 15.8 Å². The van der Waals surface area contributed by atoms with E-state index in [0.717, 1.165) is 66.5 Å². The molecule has 7 aromatic carbocycles. The summed E-state index contributed by atoms with van der Waals surface area (Å²) in [4.78, 5) is 0. The Labute approximate surface area is 287 Å². The van der Waals surface area contributed by atoms with E-state index >= 15 is 0 Å². The lowest BCUT2D eigenvalue weighted by Gasteiger charge is -2.19. The topological polar surface area (TPSA) is 81.2 Å². The fourth-order valence-corrected chi connectivity index (χ4v) is 7.49. The fourth-order valence-electron chi connectivity index (χ4n) is 7.49. The third-order valence-corrected chi connectivity index (χ3v) is 9.62. The molecule has 2 aromatic heterocycles. The van der Waals surface area contributed by atoms with Gasteiger partial charge < -0.3 is 9.13 Å². The van der Waals surface area contributed by atoms with E-state index in [4.69, 9.17) is 0 Å². The summed E-state index contributed by atoms with van der Waals surface area (Å²) in [6.45, 7) is 0. The molecule has 0 spiro atoms.